The van der Waals surface area contributed by atoms with Gasteiger partial charge in [-0.25, -0.2) is 4.68 Å². The Morgan fingerprint density at radius 1 is 0.880 bits per heavy atom. The number of benzene rings is 3. The summed E-state index contributed by atoms with van der Waals surface area (Å²) in [4.78, 5) is 0. The minimum Gasteiger partial charge on any atom is -0.457 e. The van der Waals surface area contributed by atoms with Crippen LogP contribution in [0.3, 0.4) is 0 Å². The number of ether oxygens (including phenoxy) is 1. The first-order valence-electron chi connectivity index (χ1n) is 8.02. The van der Waals surface area contributed by atoms with Crippen LogP contribution in [-0.2, 0) is 0 Å². The Balaban J connectivity index is 1.64. The number of nitrogens with two attached hydrogens (primary N) is 1. The van der Waals surface area contributed by atoms with Crippen molar-refractivity contribution in [3.05, 3.63) is 84.6 Å². The van der Waals surface area contributed by atoms with E-state index in [-0.39, 0.29) is 0 Å². The highest BCUT2D eigenvalue weighted by atomic mass is 16.5. The summed E-state index contributed by atoms with van der Waals surface area (Å²) >= 11 is 0. The molecule has 0 saturated heterocycles. The van der Waals surface area contributed by atoms with Gasteiger partial charge in [0.05, 0.1) is 11.7 Å². The third-order valence-electron chi connectivity index (χ3n) is 3.87. The van der Waals surface area contributed by atoms with Gasteiger partial charge in [-0.05, 0) is 35.9 Å². The average Bonchev–Trinajstić information content (AvgIpc) is 3.03. The summed E-state index contributed by atoms with van der Waals surface area (Å²) in [7, 11) is 0. The number of fused-ring (bicyclic) bond motifs is 1. The van der Waals surface area contributed by atoms with Gasteiger partial charge in [0.1, 0.15) is 11.5 Å². The highest BCUT2D eigenvalue weighted by Gasteiger charge is 2.04. The summed E-state index contributed by atoms with van der Waals surface area (Å²) in [5.74, 6) is 1.46. The van der Waals surface area contributed by atoms with Gasteiger partial charge in [-0.15, -0.1) is 0 Å². The van der Waals surface area contributed by atoms with Crippen molar-refractivity contribution in [2.75, 3.05) is 5.73 Å². The molecule has 25 heavy (non-hydrogen) atoms. The van der Waals surface area contributed by atoms with E-state index in [1.54, 1.807) is 6.07 Å². The van der Waals surface area contributed by atoms with Crippen LogP contribution in [0, 0.1) is 0 Å². The van der Waals surface area contributed by atoms with E-state index in [4.69, 9.17) is 10.5 Å². The molecule has 0 amide bonds. The zero-order chi connectivity index (χ0) is 17.1. The van der Waals surface area contributed by atoms with Crippen LogP contribution in [0.5, 0.6) is 11.5 Å². The largest absolute Gasteiger partial charge is 0.457 e. The molecule has 4 nitrogen and oxygen atoms in total. The number of nitrogen functional groups attached to an aromatic ring is 1. The van der Waals surface area contributed by atoms with Crippen LogP contribution in [0.1, 0.15) is 5.56 Å². The Kier molecular flexibility index (Phi) is 3.92. The average molecular weight is 327 g/mol. The first-order valence-corrected chi connectivity index (χ1v) is 8.02. The molecule has 0 spiro atoms. The lowest BCUT2D eigenvalue weighted by Gasteiger charge is -2.07. The monoisotopic (exact) mass is 327 g/mol. The minimum absolute atomic E-state index is 0.675. The van der Waals surface area contributed by atoms with Crippen molar-refractivity contribution in [3.8, 4) is 11.5 Å². The molecule has 4 aromatic rings. The highest BCUT2D eigenvalue weighted by Crippen LogP contribution is 2.27. The number of rotatable bonds is 4. The Morgan fingerprint density at radius 2 is 1.72 bits per heavy atom. The summed E-state index contributed by atoms with van der Waals surface area (Å²) in [6.45, 7) is 0. The number of aromatic nitrogens is 2. The first-order chi connectivity index (χ1) is 12.3. The van der Waals surface area contributed by atoms with Gasteiger partial charge in [-0.3, -0.25) is 0 Å². The van der Waals surface area contributed by atoms with E-state index in [0.717, 1.165) is 22.2 Å². The quantitative estimate of drug-likeness (QED) is 0.534. The van der Waals surface area contributed by atoms with Crippen molar-refractivity contribution in [2.24, 2.45) is 0 Å². The van der Waals surface area contributed by atoms with Gasteiger partial charge in [-0.2, -0.15) is 5.10 Å². The van der Waals surface area contributed by atoms with Crippen molar-refractivity contribution in [3.63, 3.8) is 0 Å². The van der Waals surface area contributed by atoms with E-state index in [1.165, 1.54) is 0 Å². The lowest BCUT2D eigenvalue weighted by atomic mass is 10.2. The number of anilines is 1. The van der Waals surface area contributed by atoms with Crippen LogP contribution in [0.4, 0.5) is 5.69 Å². The second-order valence-corrected chi connectivity index (χ2v) is 5.71. The molecule has 4 heteroatoms. The zero-order valence-electron chi connectivity index (χ0n) is 13.5. The van der Waals surface area contributed by atoms with Gasteiger partial charge in [-0.1, -0.05) is 36.4 Å². The summed E-state index contributed by atoms with van der Waals surface area (Å²) in [5, 5.41) is 5.48. The maximum absolute atomic E-state index is 5.91. The molecule has 4 rings (SSSR count). The van der Waals surface area contributed by atoms with Crippen molar-refractivity contribution in [2.45, 2.75) is 0 Å². The molecular formula is C21H17N3O. The van der Waals surface area contributed by atoms with Crippen molar-refractivity contribution in [1.82, 2.24) is 9.78 Å². The first kappa shape index (κ1) is 15.0. The van der Waals surface area contributed by atoms with E-state index in [0.29, 0.717) is 11.4 Å². The van der Waals surface area contributed by atoms with Crippen LogP contribution in [0.25, 0.3) is 23.2 Å². The molecule has 0 unspecified atom stereocenters. The standard InChI is InChI=1S/C21H17N3O/c22-18-7-4-8-19(13-18)25-20-10-9-17-15-23-24(21(17)14-20)12-11-16-5-2-1-3-6-16/h1-15H,22H2/b12-11+. The Morgan fingerprint density at radius 3 is 2.56 bits per heavy atom. The molecule has 1 heterocycles. The molecular weight excluding hydrogens is 310 g/mol. The normalized spacial score (nSPS) is 11.2. The van der Waals surface area contributed by atoms with Crippen LogP contribution >= 0.6 is 0 Å². The van der Waals surface area contributed by atoms with E-state index in [9.17, 15) is 0 Å². The second-order valence-electron chi connectivity index (χ2n) is 5.71. The number of nitrogens with zero attached hydrogens (tertiary/aromatic N) is 2. The minimum atomic E-state index is 0.675. The third kappa shape index (κ3) is 3.38. The molecule has 2 N–H and O–H groups in total. The second kappa shape index (κ2) is 6.53. The predicted molar refractivity (Wildman–Crippen MR) is 102 cm³/mol. The Bertz CT molecular complexity index is 1040. The van der Waals surface area contributed by atoms with Gasteiger partial charge < -0.3 is 10.5 Å². The molecule has 0 bridgehead atoms. The van der Waals surface area contributed by atoms with Crippen molar-refractivity contribution in [1.29, 1.82) is 0 Å². The molecule has 1 aromatic heterocycles. The lowest BCUT2D eigenvalue weighted by Crippen LogP contribution is -1.90. The van der Waals surface area contributed by atoms with Crippen molar-refractivity contribution >= 4 is 28.9 Å². The fourth-order valence-corrected chi connectivity index (χ4v) is 2.63. The predicted octanol–water partition coefficient (Wildman–Crippen LogP) is 5.04. The van der Waals surface area contributed by atoms with E-state index in [1.807, 2.05) is 77.8 Å². The maximum Gasteiger partial charge on any atom is 0.129 e. The van der Waals surface area contributed by atoms with E-state index in [2.05, 4.69) is 17.2 Å². The number of hydrogen-bond donors (Lipinski definition) is 1. The molecule has 0 radical (unpaired) electrons. The maximum atomic E-state index is 5.91. The molecule has 122 valence electrons. The lowest BCUT2D eigenvalue weighted by molar-refractivity contribution is 0.483. The van der Waals surface area contributed by atoms with Crippen LogP contribution < -0.4 is 10.5 Å². The highest BCUT2D eigenvalue weighted by molar-refractivity contribution is 5.83. The summed E-state index contributed by atoms with van der Waals surface area (Å²) in [6, 6.07) is 23.4. The molecule has 0 saturated carbocycles. The van der Waals surface area contributed by atoms with Crippen molar-refractivity contribution < 1.29 is 4.74 Å². The molecule has 0 fully saturated rings. The van der Waals surface area contributed by atoms with Gasteiger partial charge in [0.25, 0.3) is 0 Å². The van der Waals surface area contributed by atoms with E-state index < -0.39 is 0 Å². The van der Waals surface area contributed by atoms with Gasteiger partial charge in [0, 0.05) is 29.4 Å². The fourth-order valence-electron chi connectivity index (χ4n) is 2.63. The summed E-state index contributed by atoms with van der Waals surface area (Å²) < 4.78 is 7.75. The van der Waals surface area contributed by atoms with Crippen LogP contribution in [-0.4, -0.2) is 9.78 Å². The van der Waals surface area contributed by atoms with Crippen LogP contribution in [0.2, 0.25) is 0 Å². The SMILES string of the molecule is Nc1cccc(Oc2ccc3cnn(/C=C/c4ccccc4)c3c2)c1. The van der Waals surface area contributed by atoms with Gasteiger partial charge >= 0.3 is 0 Å². The third-order valence-corrected chi connectivity index (χ3v) is 3.87. The fraction of sp³-hybridized carbons (Fsp3) is 0. The Labute approximate surface area is 145 Å². The molecule has 0 aliphatic rings. The number of hydrogen-bond acceptors (Lipinski definition) is 3. The summed E-state index contributed by atoms with van der Waals surface area (Å²) in [6.07, 6.45) is 5.81. The summed E-state index contributed by atoms with van der Waals surface area (Å²) in [5.41, 5.74) is 8.58. The van der Waals surface area contributed by atoms with Crippen LogP contribution in [0.15, 0.2) is 79.0 Å². The smallest absolute Gasteiger partial charge is 0.129 e. The molecule has 0 aliphatic heterocycles. The molecule has 0 aliphatic carbocycles. The van der Waals surface area contributed by atoms with Gasteiger partial charge in [0.2, 0.25) is 0 Å². The molecule has 3 aromatic carbocycles. The molecule has 0 atom stereocenters. The van der Waals surface area contributed by atoms with E-state index >= 15 is 0 Å². The topological polar surface area (TPSA) is 53.1 Å². The zero-order valence-corrected chi connectivity index (χ0v) is 13.5. The Hall–Kier alpha value is -3.53. The van der Waals surface area contributed by atoms with Gasteiger partial charge in [0.15, 0.2) is 0 Å².